The number of aryl methyl sites for hydroxylation is 2. The van der Waals surface area contributed by atoms with E-state index in [4.69, 9.17) is 71.3 Å². The molecule has 13 N–H and O–H groups in total. The SMILES string of the molecule is Nc1n(CCCCCCCCCCCCn2c(N)[n+](Cc3ccccc3)c3ccccc32)c2ccccc2[n+]1Cc1ccccc1.Nc1ncnc2c1ncn2[C@@H]1O[C@H](COP(=O)(O)OP(=O)(O)O)[C@@H](O)[C@H]1O.O=C(O)C(=O)O.O=C([O-])C(=O)[O-]. The fourth-order valence-electron chi connectivity index (χ4n) is 9.39. The van der Waals surface area contributed by atoms with Crippen LogP contribution in [-0.4, -0.2) is 113 Å². The van der Waals surface area contributed by atoms with Crippen molar-refractivity contribution in [3.05, 3.63) is 133 Å². The number of carboxylic acids is 4. The lowest BCUT2D eigenvalue weighted by Gasteiger charge is -2.17. The van der Waals surface area contributed by atoms with Crippen molar-refractivity contribution in [1.82, 2.24) is 28.7 Å². The summed E-state index contributed by atoms with van der Waals surface area (Å²) in [4.78, 5) is 74.1. The van der Waals surface area contributed by atoms with Gasteiger partial charge in [0.2, 0.25) is 0 Å². The molecule has 31 heteroatoms. The van der Waals surface area contributed by atoms with Crippen LogP contribution >= 0.6 is 15.6 Å². The van der Waals surface area contributed by atoms with Gasteiger partial charge in [-0.15, -0.1) is 0 Å². The third kappa shape index (κ3) is 18.9. The molecule has 0 bridgehead atoms. The van der Waals surface area contributed by atoms with E-state index >= 15 is 0 Å². The summed E-state index contributed by atoms with van der Waals surface area (Å²) in [5.74, 6) is -6.23. The molecule has 85 heavy (non-hydrogen) atoms. The van der Waals surface area contributed by atoms with Gasteiger partial charge in [-0.2, -0.15) is 4.31 Å². The van der Waals surface area contributed by atoms with Crippen molar-refractivity contribution in [2.75, 3.05) is 23.8 Å². The Labute approximate surface area is 485 Å². The molecule has 1 unspecified atom stereocenters. The van der Waals surface area contributed by atoms with Crippen LogP contribution in [-0.2, 0) is 68.1 Å². The Kier molecular flexibility index (Phi) is 24.1. The van der Waals surface area contributed by atoms with Crippen molar-refractivity contribution >= 4 is 90.5 Å². The number of aromatic nitrogens is 8. The molecular formula is C54H67N11O18P2. The maximum Gasteiger partial charge on any atom is 0.481 e. The highest BCUT2D eigenvalue weighted by Gasteiger charge is 2.46. The van der Waals surface area contributed by atoms with Crippen LogP contribution in [0.4, 0.5) is 17.7 Å². The molecule has 0 aliphatic carbocycles. The Hall–Kier alpha value is -8.21. The van der Waals surface area contributed by atoms with Crippen LogP contribution in [0.5, 0.6) is 0 Å². The van der Waals surface area contributed by atoms with E-state index in [1.54, 1.807) is 0 Å². The van der Waals surface area contributed by atoms with Gasteiger partial charge in [-0.1, -0.05) is 136 Å². The Morgan fingerprint density at radius 3 is 1.45 bits per heavy atom. The molecule has 0 amide bonds. The quantitative estimate of drug-likeness (QED) is 0.0189. The minimum absolute atomic E-state index is 0.0856. The minimum Gasteiger partial charge on any atom is -0.543 e. The number of para-hydroxylation sites is 4. The number of phosphoric ester groups is 1. The van der Waals surface area contributed by atoms with Crippen LogP contribution in [0.25, 0.3) is 33.2 Å². The number of ether oxygens (including phenoxy) is 1. The Morgan fingerprint density at radius 1 is 0.600 bits per heavy atom. The van der Waals surface area contributed by atoms with Gasteiger partial charge >= 0.3 is 39.5 Å². The number of nitrogens with zero attached hydrogens (tertiary/aromatic N) is 8. The molecule has 4 aromatic carbocycles. The van der Waals surface area contributed by atoms with Crippen LogP contribution < -0.4 is 36.5 Å². The molecule has 1 aliphatic rings. The normalized spacial score (nSPS) is 16.3. The summed E-state index contributed by atoms with van der Waals surface area (Å²) in [5.41, 5.74) is 26.9. The number of aliphatic hydroxyl groups is 2. The third-order valence-electron chi connectivity index (χ3n) is 13.4. The number of carbonyl (C=O) groups is 4. The highest BCUT2D eigenvalue weighted by atomic mass is 31.3. The average molecular weight is 1220 g/mol. The van der Waals surface area contributed by atoms with Gasteiger partial charge in [-0.3, -0.25) is 20.6 Å². The summed E-state index contributed by atoms with van der Waals surface area (Å²) in [7, 11) is -10.4. The fourth-order valence-corrected chi connectivity index (χ4v) is 11.0. The molecule has 1 saturated heterocycles. The van der Waals surface area contributed by atoms with Gasteiger partial charge in [0.15, 0.2) is 17.7 Å². The largest absolute Gasteiger partial charge is 0.543 e. The number of benzene rings is 4. The van der Waals surface area contributed by atoms with E-state index in [1.165, 1.54) is 95.5 Å². The topological polar surface area (TPSA) is 457 Å². The van der Waals surface area contributed by atoms with Crippen molar-refractivity contribution < 1.29 is 96.3 Å². The number of aliphatic carboxylic acids is 4. The van der Waals surface area contributed by atoms with Crippen LogP contribution in [0, 0.1) is 0 Å². The van der Waals surface area contributed by atoms with Crippen molar-refractivity contribution in [3.8, 4) is 0 Å². The first-order valence-corrected chi connectivity index (χ1v) is 29.7. The van der Waals surface area contributed by atoms with Gasteiger partial charge in [0.05, 0.1) is 51.1 Å². The van der Waals surface area contributed by atoms with Gasteiger partial charge < -0.3 is 65.4 Å². The molecule has 0 radical (unpaired) electrons. The Bertz CT molecular complexity index is 3440. The van der Waals surface area contributed by atoms with Crippen LogP contribution in [0.2, 0.25) is 0 Å². The van der Waals surface area contributed by atoms with E-state index in [1.807, 2.05) is 0 Å². The zero-order valence-electron chi connectivity index (χ0n) is 45.8. The zero-order chi connectivity index (χ0) is 61.8. The molecule has 456 valence electrons. The lowest BCUT2D eigenvalue weighted by molar-refractivity contribution is -0.648. The molecule has 29 nitrogen and oxygen atoms in total. The second-order valence-electron chi connectivity index (χ2n) is 19.3. The molecule has 8 aromatic rings. The molecule has 5 heterocycles. The molecule has 1 fully saturated rings. The number of unbranched alkanes of at least 4 members (excludes halogenated alkanes) is 9. The second kappa shape index (κ2) is 31.1. The van der Waals surface area contributed by atoms with Crippen molar-refractivity contribution in [3.63, 3.8) is 0 Å². The number of hydrogen-bond acceptors (Lipinski definition) is 19. The van der Waals surface area contributed by atoms with Gasteiger partial charge in [0.1, 0.15) is 52.2 Å². The summed E-state index contributed by atoms with van der Waals surface area (Å²) in [6.07, 6.45) is 9.54. The first-order chi connectivity index (χ1) is 40.5. The van der Waals surface area contributed by atoms with Crippen LogP contribution in [0.15, 0.2) is 122 Å². The minimum atomic E-state index is -5.29. The van der Waals surface area contributed by atoms with Gasteiger partial charge in [0.25, 0.3) is 0 Å². The summed E-state index contributed by atoms with van der Waals surface area (Å²) < 4.78 is 45.9. The predicted octanol–water partition coefficient (Wildman–Crippen LogP) is 1.93. The van der Waals surface area contributed by atoms with E-state index in [9.17, 15) is 24.2 Å². The number of nitrogens with two attached hydrogens (primary N) is 3. The predicted molar refractivity (Wildman–Crippen MR) is 300 cm³/mol. The lowest BCUT2D eigenvalue weighted by Crippen LogP contribution is -2.42. The zero-order valence-corrected chi connectivity index (χ0v) is 47.6. The number of aliphatic hydroxyl groups excluding tert-OH is 2. The van der Waals surface area contributed by atoms with Gasteiger partial charge in [-0.05, 0) is 48.2 Å². The highest BCUT2D eigenvalue weighted by Crippen LogP contribution is 2.57. The molecule has 0 spiro atoms. The van der Waals surface area contributed by atoms with E-state index in [0.717, 1.165) is 57.2 Å². The highest BCUT2D eigenvalue weighted by molar-refractivity contribution is 7.60. The van der Waals surface area contributed by atoms with Gasteiger partial charge in [0, 0.05) is 0 Å². The number of carbonyl (C=O) groups excluding carboxylic acids is 2. The molecule has 1 aliphatic heterocycles. The first kappa shape index (κ1) is 65.9. The standard InChI is InChI=1S/C40H48N6.C10H15N5O10P2.2C2H2O4/c41-39-43(35-25-15-17-27-37(35)45(39)31-33-21-11-9-12-22-33)29-19-7-5-3-1-2-4-6-8-20-30-44-36-26-16-18-28-38(36)46(40(44)42)32-34-23-13-10-14-24-34;11-8-5-9(13-2-12-8)15(3-14-5)10-7(17)6(16)4(24-10)1-23-27(21,22)25-26(18,19)20;2*3-1(4)2(5)6/h9-18,21-28,41-42H,1-8,19-20,29-32H2;2-4,6-7,10,16-17H,1H2,(H,21,22)(H2,11,12,13)(H2,18,19,20);2*(H,3,4)(H,5,6)/t;4-,6-,7-,10-;;/m.1../s1. The number of anilines is 3. The number of nitrogen functional groups attached to an aromatic ring is 3. The number of phosphoric acid groups is 2. The number of rotatable bonds is 23. The van der Waals surface area contributed by atoms with Gasteiger partial charge in [-0.25, -0.2) is 51.9 Å². The monoisotopic (exact) mass is 1220 g/mol. The number of fused-ring (bicyclic) bond motifs is 3. The van der Waals surface area contributed by atoms with E-state index < -0.39 is 70.7 Å². The smallest absolute Gasteiger partial charge is 0.481 e. The van der Waals surface area contributed by atoms with Crippen LogP contribution in [0.1, 0.15) is 81.6 Å². The number of carboxylic acid groups (broad SMARTS) is 4. The molecule has 9 rings (SSSR count). The van der Waals surface area contributed by atoms with E-state index in [-0.39, 0.29) is 17.0 Å². The third-order valence-corrected chi connectivity index (χ3v) is 15.5. The molecule has 5 atom stereocenters. The maximum atomic E-state index is 11.5. The Balaban J connectivity index is 0.000000249. The average Bonchev–Trinajstić information content (AvgIpc) is 2.11. The van der Waals surface area contributed by atoms with E-state index in [0.29, 0.717) is 0 Å². The van der Waals surface area contributed by atoms with Crippen molar-refractivity contribution in [1.29, 1.82) is 0 Å². The van der Waals surface area contributed by atoms with Crippen molar-refractivity contribution in [2.24, 2.45) is 0 Å². The summed E-state index contributed by atoms with van der Waals surface area (Å²) >= 11 is 0. The summed E-state index contributed by atoms with van der Waals surface area (Å²) in [5, 5.41) is 52.9. The first-order valence-electron chi connectivity index (χ1n) is 26.7. The number of hydrogen-bond donors (Lipinski definition) is 10. The van der Waals surface area contributed by atoms with Crippen molar-refractivity contribution in [2.45, 2.75) is 115 Å². The maximum absolute atomic E-state index is 11.5. The molecule has 0 saturated carbocycles. The summed E-state index contributed by atoms with van der Waals surface area (Å²) in [6.45, 7) is 2.73. The molecule has 4 aromatic heterocycles. The second-order valence-corrected chi connectivity index (χ2v) is 22.2. The summed E-state index contributed by atoms with van der Waals surface area (Å²) in [6, 6.07) is 38.4. The van der Waals surface area contributed by atoms with E-state index in [2.05, 4.69) is 151 Å². The van der Waals surface area contributed by atoms with Crippen LogP contribution in [0.3, 0.4) is 0 Å². The lowest BCUT2D eigenvalue weighted by atomic mass is 10.1. The molecular weight excluding hydrogens is 1150 g/mol. The number of imidazole rings is 3. The fraction of sp³-hybridized carbons (Fsp3) is 0.352. The Morgan fingerprint density at radius 2 is 1.02 bits per heavy atom.